The molecule has 5 heteroatoms. The first kappa shape index (κ1) is 18.5. The third-order valence-electron chi connectivity index (χ3n) is 3.83. The molecule has 2 aromatic carbocycles. The predicted octanol–water partition coefficient (Wildman–Crippen LogP) is 3.67. The molecule has 5 nitrogen and oxygen atoms in total. The molecule has 0 aliphatic heterocycles. The highest BCUT2D eigenvalue weighted by atomic mass is 16.5. The van der Waals surface area contributed by atoms with Crippen LogP contribution in [0.15, 0.2) is 48.5 Å². The number of hydrogen-bond donors (Lipinski definition) is 2. The van der Waals surface area contributed by atoms with Crippen LogP contribution in [0.1, 0.15) is 24.5 Å². The summed E-state index contributed by atoms with van der Waals surface area (Å²) in [7, 11) is 0. The number of rotatable bonds is 8. The van der Waals surface area contributed by atoms with E-state index in [0.717, 1.165) is 16.9 Å². The molecular formula is C20H23NO4. The normalized spacial score (nSPS) is 11.6. The van der Waals surface area contributed by atoms with E-state index in [1.165, 1.54) is 0 Å². The second kappa shape index (κ2) is 8.87. The molecule has 0 aromatic heterocycles. The van der Waals surface area contributed by atoms with Gasteiger partial charge in [0, 0.05) is 12.1 Å². The van der Waals surface area contributed by atoms with E-state index in [1.54, 1.807) is 24.3 Å². The van der Waals surface area contributed by atoms with Gasteiger partial charge in [0.25, 0.3) is 0 Å². The lowest BCUT2D eigenvalue weighted by atomic mass is 9.95. The fourth-order valence-electron chi connectivity index (χ4n) is 2.49. The monoisotopic (exact) mass is 341 g/mol. The van der Waals surface area contributed by atoms with Crippen LogP contribution in [-0.4, -0.2) is 23.6 Å². The van der Waals surface area contributed by atoms with E-state index >= 15 is 0 Å². The molecule has 0 heterocycles. The Morgan fingerprint density at radius 1 is 1.08 bits per heavy atom. The minimum absolute atomic E-state index is 0.0730. The van der Waals surface area contributed by atoms with E-state index in [9.17, 15) is 14.7 Å². The van der Waals surface area contributed by atoms with Crippen LogP contribution >= 0.6 is 0 Å². The number of carbonyl (C=O) groups excluding carboxylic acids is 1. The summed E-state index contributed by atoms with van der Waals surface area (Å²) in [6.45, 7) is 4.45. The highest BCUT2D eigenvalue weighted by molar-refractivity contribution is 5.93. The second-order valence-electron chi connectivity index (χ2n) is 5.93. The zero-order valence-electron chi connectivity index (χ0n) is 14.5. The molecule has 0 fully saturated rings. The molecule has 2 rings (SSSR count). The summed E-state index contributed by atoms with van der Waals surface area (Å²) < 4.78 is 5.35. The van der Waals surface area contributed by atoms with E-state index in [-0.39, 0.29) is 12.3 Å². The molecule has 1 amide bonds. The van der Waals surface area contributed by atoms with Crippen LogP contribution in [0.3, 0.4) is 0 Å². The number of carboxylic acids is 1. The number of aliphatic carboxylic acids is 1. The van der Waals surface area contributed by atoms with Crippen LogP contribution in [-0.2, 0) is 16.0 Å². The molecule has 0 radical (unpaired) electrons. The molecule has 132 valence electrons. The van der Waals surface area contributed by atoms with Crippen molar-refractivity contribution in [3.8, 4) is 5.75 Å². The second-order valence-corrected chi connectivity index (χ2v) is 5.93. The minimum atomic E-state index is -0.970. The van der Waals surface area contributed by atoms with Crippen molar-refractivity contribution in [3.05, 3.63) is 59.7 Å². The van der Waals surface area contributed by atoms with Crippen LogP contribution in [0, 0.1) is 12.8 Å². The standard InChI is InChI=1S/C20H23NO4/c1-3-25-18-10-8-17(9-11-18)21-19(22)13-16(20(23)24)12-15-6-4-14(2)5-7-15/h4-11,16H,3,12-13H2,1-2H3,(H,21,22)(H,23,24). The highest BCUT2D eigenvalue weighted by Crippen LogP contribution is 2.18. The van der Waals surface area contributed by atoms with E-state index in [0.29, 0.717) is 18.7 Å². The van der Waals surface area contributed by atoms with Crippen LogP contribution in [0.2, 0.25) is 0 Å². The highest BCUT2D eigenvalue weighted by Gasteiger charge is 2.21. The van der Waals surface area contributed by atoms with Gasteiger partial charge in [0.05, 0.1) is 12.5 Å². The average Bonchev–Trinajstić information content (AvgIpc) is 2.58. The van der Waals surface area contributed by atoms with E-state index in [2.05, 4.69) is 5.32 Å². The average molecular weight is 341 g/mol. The van der Waals surface area contributed by atoms with Crippen molar-refractivity contribution >= 4 is 17.6 Å². The lowest BCUT2D eigenvalue weighted by molar-refractivity contribution is -0.143. The first-order valence-corrected chi connectivity index (χ1v) is 8.29. The largest absolute Gasteiger partial charge is 0.494 e. The summed E-state index contributed by atoms with van der Waals surface area (Å²) in [6, 6.07) is 14.7. The minimum Gasteiger partial charge on any atom is -0.494 e. The third-order valence-corrected chi connectivity index (χ3v) is 3.83. The summed E-state index contributed by atoms with van der Waals surface area (Å²) in [5, 5.41) is 12.1. The number of benzene rings is 2. The van der Waals surface area contributed by atoms with Gasteiger partial charge in [-0.05, 0) is 50.1 Å². The number of aryl methyl sites for hydroxylation is 1. The topological polar surface area (TPSA) is 75.6 Å². The molecule has 0 aliphatic carbocycles. The maximum atomic E-state index is 12.2. The number of ether oxygens (including phenoxy) is 1. The molecule has 0 saturated carbocycles. The molecule has 2 aromatic rings. The number of anilines is 1. The van der Waals surface area contributed by atoms with Crippen LogP contribution in [0.25, 0.3) is 0 Å². The molecule has 1 unspecified atom stereocenters. The molecule has 1 atom stereocenters. The number of amides is 1. The van der Waals surface area contributed by atoms with Gasteiger partial charge in [-0.25, -0.2) is 0 Å². The zero-order chi connectivity index (χ0) is 18.2. The van der Waals surface area contributed by atoms with Crippen molar-refractivity contribution in [2.24, 2.45) is 5.92 Å². The smallest absolute Gasteiger partial charge is 0.307 e. The third kappa shape index (κ3) is 5.95. The lowest BCUT2D eigenvalue weighted by Gasteiger charge is -2.13. The fraction of sp³-hybridized carbons (Fsp3) is 0.300. The van der Waals surface area contributed by atoms with Gasteiger partial charge in [0.2, 0.25) is 5.91 Å². The Bertz CT molecular complexity index is 707. The number of carboxylic acid groups (broad SMARTS) is 1. The van der Waals surface area contributed by atoms with Gasteiger partial charge in [-0.3, -0.25) is 9.59 Å². The first-order valence-electron chi connectivity index (χ1n) is 8.29. The number of carbonyl (C=O) groups is 2. The SMILES string of the molecule is CCOc1ccc(NC(=O)CC(Cc2ccc(C)cc2)C(=O)O)cc1. The summed E-state index contributed by atoms with van der Waals surface area (Å²) in [4.78, 5) is 23.7. The van der Waals surface area contributed by atoms with Crippen molar-refractivity contribution in [2.75, 3.05) is 11.9 Å². The summed E-state index contributed by atoms with van der Waals surface area (Å²) in [5.74, 6) is -1.32. The predicted molar refractivity (Wildman–Crippen MR) is 96.9 cm³/mol. The Hall–Kier alpha value is -2.82. The van der Waals surface area contributed by atoms with Crippen molar-refractivity contribution in [1.29, 1.82) is 0 Å². The molecule has 0 saturated heterocycles. The van der Waals surface area contributed by atoms with Crippen molar-refractivity contribution in [2.45, 2.75) is 26.7 Å². The summed E-state index contributed by atoms with van der Waals surface area (Å²) in [6.07, 6.45) is 0.253. The van der Waals surface area contributed by atoms with Gasteiger partial charge < -0.3 is 15.2 Å². The quantitative estimate of drug-likeness (QED) is 0.768. The molecule has 0 bridgehead atoms. The number of hydrogen-bond acceptors (Lipinski definition) is 3. The van der Waals surface area contributed by atoms with Crippen molar-refractivity contribution in [3.63, 3.8) is 0 Å². The first-order chi connectivity index (χ1) is 12.0. The molecule has 25 heavy (non-hydrogen) atoms. The van der Waals surface area contributed by atoms with Crippen molar-refractivity contribution < 1.29 is 19.4 Å². The summed E-state index contributed by atoms with van der Waals surface area (Å²) in [5.41, 5.74) is 2.64. The van der Waals surface area contributed by atoms with Gasteiger partial charge in [0.15, 0.2) is 0 Å². The molecule has 0 aliphatic rings. The Morgan fingerprint density at radius 2 is 1.72 bits per heavy atom. The molecular weight excluding hydrogens is 318 g/mol. The fourth-order valence-corrected chi connectivity index (χ4v) is 2.49. The van der Waals surface area contributed by atoms with Gasteiger partial charge in [-0.15, -0.1) is 0 Å². The maximum absolute atomic E-state index is 12.2. The Morgan fingerprint density at radius 3 is 2.28 bits per heavy atom. The molecule has 0 spiro atoms. The Labute approximate surface area is 147 Å². The van der Waals surface area contributed by atoms with E-state index < -0.39 is 11.9 Å². The maximum Gasteiger partial charge on any atom is 0.307 e. The summed E-state index contributed by atoms with van der Waals surface area (Å²) >= 11 is 0. The molecule has 2 N–H and O–H groups in total. The zero-order valence-corrected chi connectivity index (χ0v) is 14.5. The Balaban J connectivity index is 1.95. The van der Waals surface area contributed by atoms with E-state index in [4.69, 9.17) is 4.74 Å². The van der Waals surface area contributed by atoms with Gasteiger partial charge in [-0.1, -0.05) is 29.8 Å². The van der Waals surface area contributed by atoms with Crippen LogP contribution in [0.4, 0.5) is 5.69 Å². The lowest BCUT2D eigenvalue weighted by Crippen LogP contribution is -2.24. The van der Waals surface area contributed by atoms with Gasteiger partial charge in [0.1, 0.15) is 5.75 Å². The van der Waals surface area contributed by atoms with Crippen LogP contribution in [0.5, 0.6) is 5.75 Å². The number of nitrogens with one attached hydrogen (secondary N) is 1. The van der Waals surface area contributed by atoms with Gasteiger partial charge in [-0.2, -0.15) is 0 Å². The van der Waals surface area contributed by atoms with Crippen molar-refractivity contribution in [1.82, 2.24) is 0 Å². The van der Waals surface area contributed by atoms with E-state index in [1.807, 2.05) is 38.1 Å². The van der Waals surface area contributed by atoms with Crippen LogP contribution < -0.4 is 10.1 Å². The Kier molecular flexibility index (Phi) is 6.57. The van der Waals surface area contributed by atoms with Gasteiger partial charge >= 0.3 is 5.97 Å².